The van der Waals surface area contributed by atoms with Crippen LogP contribution >= 0.6 is 0 Å². The van der Waals surface area contributed by atoms with Gasteiger partial charge in [0, 0.05) is 29.3 Å². The number of primary amides is 1. The Morgan fingerprint density at radius 3 is 2.45 bits per heavy atom. The van der Waals surface area contributed by atoms with Crippen molar-refractivity contribution in [1.29, 1.82) is 0 Å². The van der Waals surface area contributed by atoms with Gasteiger partial charge >= 0.3 is 0 Å². The Bertz CT molecular complexity index is 1460. The van der Waals surface area contributed by atoms with Gasteiger partial charge in [-0.05, 0) is 56.1 Å². The number of rotatable bonds is 4. The van der Waals surface area contributed by atoms with Crippen molar-refractivity contribution in [3.63, 3.8) is 0 Å². The first-order valence-corrected chi connectivity index (χ1v) is 11.9. The zero-order valence-electron chi connectivity index (χ0n) is 20.9. The highest BCUT2D eigenvalue weighted by Gasteiger charge is 2.64. The van der Waals surface area contributed by atoms with Gasteiger partial charge < -0.3 is 30.9 Å². The number of pyridine rings is 1. The molecule has 1 saturated carbocycles. The number of aromatic hydroxyl groups is 1. The highest BCUT2D eigenvalue weighted by Crippen LogP contribution is 2.53. The molecule has 2 aromatic rings. The van der Waals surface area contributed by atoms with Crippen LogP contribution in [-0.2, 0) is 20.8 Å². The van der Waals surface area contributed by atoms with Crippen LogP contribution in [0.4, 0.5) is 0 Å². The van der Waals surface area contributed by atoms with Gasteiger partial charge in [0.1, 0.15) is 22.8 Å². The first kappa shape index (κ1) is 25.4. The third kappa shape index (κ3) is 3.35. The summed E-state index contributed by atoms with van der Waals surface area (Å²) in [6.07, 6.45) is 1.79. The molecule has 0 bridgehead atoms. The number of nitrogens with zero attached hydrogens (tertiary/aromatic N) is 2. The van der Waals surface area contributed by atoms with Gasteiger partial charge in [-0.2, -0.15) is 0 Å². The predicted molar refractivity (Wildman–Crippen MR) is 134 cm³/mol. The molecule has 198 valence electrons. The maximum atomic E-state index is 13.9. The fourth-order valence-corrected chi connectivity index (χ4v) is 6.17. The fourth-order valence-electron chi connectivity index (χ4n) is 6.17. The second kappa shape index (κ2) is 8.67. The summed E-state index contributed by atoms with van der Waals surface area (Å²) in [5.41, 5.74) is 3.56. The molecule has 0 aliphatic heterocycles. The van der Waals surface area contributed by atoms with Gasteiger partial charge in [-0.25, -0.2) is 4.98 Å². The molecule has 4 atom stereocenters. The third-order valence-corrected chi connectivity index (χ3v) is 7.86. The number of likely N-dealkylation sites (N-methyl/N-ethyl adjacent to an activating group) is 1. The lowest BCUT2D eigenvalue weighted by molar-refractivity contribution is -0.153. The Morgan fingerprint density at radius 1 is 1.16 bits per heavy atom. The van der Waals surface area contributed by atoms with Crippen LogP contribution in [0.1, 0.15) is 17.5 Å². The molecule has 5 rings (SSSR count). The van der Waals surface area contributed by atoms with E-state index in [0.29, 0.717) is 22.6 Å². The SMILES string of the molecule is COc1ccc(-c2ccc(O)c3c2CC2CC4C(N(C)C)C(=O)C(C(N)=O)=C(O)C4(O)C(=O)C2=C3O)cn1. The number of fused-ring (bicyclic) bond motifs is 3. The summed E-state index contributed by atoms with van der Waals surface area (Å²) in [7, 11) is 4.60. The number of aliphatic hydroxyl groups excluding tert-OH is 2. The number of methoxy groups -OCH3 is 1. The minimum atomic E-state index is -2.67. The van der Waals surface area contributed by atoms with Crippen LogP contribution in [0.25, 0.3) is 16.9 Å². The number of benzene rings is 1. The van der Waals surface area contributed by atoms with Gasteiger partial charge in [0.2, 0.25) is 11.7 Å². The van der Waals surface area contributed by atoms with Crippen LogP contribution < -0.4 is 10.5 Å². The normalized spacial score (nSPS) is 26.7. The minimum Gasteiger partial charge on any atom is -0.508 e. The van der Waals surface area contributed by atoms with E-state index in [9.17, 15) is 34.8 Å². The second-order valence-electron chi connectivity index (χ2n) is 10.0. The Morgan fingerprint density at radius 2 is 1.87 bits per heavy atom. The Labute approximate surface area is 217 Å². The van der Waals surface area contributed by atoms with E-state index in [-0.39, 0.29) is 29.7 Å². The molecule has 0 radical (unpaired) electrons. The number of aliphatic hydroxyl groups is 3. The molecule has 0 saturated heterocycles. The van der Waals surface area contributed by atoms with Crippen LogP contribution in [0.5, 0.6) is 11.6 Å². The topological polar surface area (TPSA) is 184 Å². The first-order chi connectivity index (χ1) is 17.9. The molecule has 38 heavy (non-hydrogen) atoms. The fraction of sp³-hybridized carbons (Fsp3) is 0.333. The molecule has 11 heteroatoms. The summed E-state index contributed by atoms with van der Waals surface area (Å²) in [6, 6.07) is 5.36. The highest BCUT2D eigenvalue weighted by molar-refractivity contribution is 6.24. The molecular weight excluding hydrogens is 494 g/mol. The summed E-state index contributed by atoms with van der Waals surface area (Å²) in [5, 5.41) is 44.6. The van der Waals surface area contributed by atoms with E-state index < -0.39 is 58.0 Å². The van der Waals surface area contributed by atoms with Gasteiger partial charge in [0.15, 0.2) is 11.4 Å². The maximum absolute atomic E-state index is 13.9. The van der Waals surface area contributed by atoms with Gasteiger partial charge in [-0.15, -0.1) is 0 Å². The number of hydrogen-bond acceptors (Lipinski definition) is 10. The van der Waals surface area contributed by atoms with Crippen molar-refractivity contribution in [1.82, 2.24) is 9.88 Å². The van der Waals surface area contributed by atoms with Crippen LogP contribution in [0, 0.1) is 11.8 Å². The zero-order valence-corrected chi connectivity index (χ0v) is 20.9. The Hall–Kier alpha value is -4.22. The van der Waals surface area contributed by atoms with Crippen molar-refractivity contribution in [3.05, 3.63) is 58.5 Å². The number of nitrogens with two attached hydrogens (primary N) is 1. The van der Waals surface area contributed by atoms with Gasteiger partial charge in [0.05, 0.1) is 18.7 Å². The molecule has 0 spiro atoms. The summed E-state index contributed by atoms with van der Waals surface area (Å²) in [4.78, 5) is 44.8. The standard InChI is InChI=1S/C27H27N3O8/c1-30(2)21-15-9-12-8-14-13(11-4-7-17(38-3)29-10-11)5-6-16(31)19(14)22(32)18(12)24(34)27(15,37)25(35)20(23(21)33)26(28)36/h4-7,10,12,15,21,31-32,35,37H,8-9H2,1-3H3,(H2,28,36). The minimum absolute atomic E-state index is 0.0156. The lowest BCUT2D eigenvalue weighted by Crippen LogP contribution is -2.65. The second-order valence-corrected chi connectivity index (χ2v) is 10.0. The van der Waals surface area contributed by atoms with Crippen molar-refractivity contribution in [2.45, 2.75) is 24.5 Å². The number of phenolic OH excluding ortho intramolecular Hbond substituents is 1. The monoisotopic (exact) mass is 521 g/mol. The summed E-state index contributed by atoms with van der Waals surface area (Å²) in [5.74, 6) is -6.44. The first-order valence-electron chi connectivity index (χ1n) is 11.9. The number of carbonyl (C=O) groups is 3. The molecule has 3 aliphatic carbocycles. The number of carbonyl (C=O) groups excluding carboxylic acids is 3. The number of hydrogen-bond donors (Lipinski definition) is 5. The zero-order chi connectivity index (χ0) is 27.7. The van der Waals surface area contributed by atoms with Crippen LogP contribution in [0.2, 0.25) is 0 Å². The number of ether oxygens (including phenoxy) is 1. The maximum Gasteiger partial charge on any atom is 0.255 e. The van der Waals surface area contributed by atoms with E-state index in [1.54, 1.807) is 38.5 Å². The molecule has 1 amide bonds. The van der Waals surface area contributed by atoms with Crippen LogP contribution in [-0.4, -0.2) is 80.6 Å². The van der Waals surface area contributed by atoms with E-state index in [1.165, 1.54) is 18.1 Å². The van der Waals surface area contributed by atoms with Crippen molar-refractivity contribution < 1.29 is 39.5 Å². The lowest BCUT2D eigenvalue weighted by Gasteiger charge is -2.50. The smallest absolute Gasteiger partial charge is 0.255 e. The van der Waals surface area contributed by atoms with Crippen molar-refractivity contribution in [2.75, 3.05) is 21.2 Å². The molecule has 1 aromatic heterocycles. The number of aromatic nitrogens is 1. The number of Topliss-reactive ketones (excluding diaryl/α,β-unsaturated/α-hetero) is 2. The van der Waals surface area contributed by atoms with E-state index in [0.717, 1.165) is 0 Å². The van der Waals surface area contributed by atoms with Crippen molar-refractivity contribution in [3.8, 4) is 22.8 Å². The quantitative estimate of drug-likeness (QED) is 0.364. The number of amides is 1. The van der Waals surface area contributed by atoms with Gasteiger partial charge in [0.25, 0.3) is 5.91 Å². The predicted octanol–water partition coefficient (Wildman–Crippen LogP) is 1.03. The molecular formula is C27H27N3O8. The van der Waals surface area contributed by atoms with E-state index in [1.807, 2.05) is 0 Å². The lowest BCUT2D eigenvalue weighted by atomic mass is 9.57. The molecule has 1 fully saturated rings. The third-order valence-electron chi connectivity index (χ3n) is 7.86. The van der Waals surface area contributed by atoms with Gasteiger partial charge in [-0.1, -0.05) is 6.07 Å². The molecule has 6 N–H and O–H groups in total. The van der Waals surface area contributed by atoms with Crippen molar-refractivity contribution in [2.24, 2.45) is 17.6 Å². The van der Waals surface area contributed by atoms with Crippen LogP contribution in [0.3, 0.4) is 0 Å². The Kier molecular flexibility index (Phi) is 5.80. The largest absolute Gasteiger partial charge is 0.508 e. The molecule has 1 aromatic carbocycles. The van der Waals surface area contributed by atoms with E-state index >= 15 is 0 Å². The summed E-state index contributed by atoms with van der Waals surface area (Å²) < 4.78 is 5.12. The molecule has 1 heterocycles. The average molecular weight is 522 g/mol. The van der Waals surface area contributed by atoms with Gasteiger partial charge in [-0.3, -0.25) is 19.3 Å². The molecule has 4 unspecified atom stereocenters. The van der Waals surface area contributed by atoms with Crippen LogP contribution in [0.15, 0.2) is 47.4 Å². The average Bonchev–Trinajstić information content (AvgIpc) is 2.86. The number of phenols is 1. The summed E-state index contributed by atoms with van der Waals surface area (Å²) >= 11 is 0. The molecule has 3 aliphatic rings. The van der Waals surface area contributed by atoms with E-state index in [2.05, 4.69) is 4.98 Å². The van der Waals surface area contributed by atoms with E-state index in [4.69, 9.17) is 10.5 Å². The van der Waals surface area contributed by atoms with Crippen molar-refractivity contribution >= 4 is 23.2 Å². The highest BCUT2D eigenvalue weighted by atomic mass is 16.5. The number of ketones is 2. The molecule has 11 nitrogen and oxygen atoms in total. The summed E-state index contributed by atoms with van der Waals surface area (Å²) in [6.45, 7) is 0. The Balaban J connectivity index is 1.72.